The lowest BCUT2D eigenvalue weighted by atomic mass is 10.1. The summed E-state index contributed by atoms with van der Waals surface area (Å²) < 4.78 is 0.984. The first-order valence-electron chi connectivity index (χ1n) is 6.79. The zero-order valence-electron chi connectivity index (χ0n) is 11.8. The standard InChI is InChI=1S/C17H13BrCl2N2/c1-10-8-15(12-5-3-6-13(18)17(12)22-10)21-9-11-4-2-7-14(19)16(11)20/h2-8H,9H2,1H3,(H,21,22). The van der Waals surface area contributed by atoms with E-state index < -0.39 is 0 Å². The normalized spacial score (nSPS) is 10.9. The number of pyridine rings is 1. The van der Waals surface area contributed by atoms with Crippen molar-refractivity contribution in [3.63, 3.8) is 0 Å². The van der Waals surface area contributed by atoms with Crippen molar-refractivity contribution in [1.29, 1.82) is 0 Å². The Morgan fingerprint density at radius 1 is 1.14 bits per heavy atom. The lowest BCUT2D eigenvalue weighted by Gasteiger charge is -2.13. The van der Waals surface area contributed by atoms with E-state index in [0.29, 0.717) is 16.6 Å². The fourth-order valence-electron chi connectivity index (χ4n) is 2.36. The van der Waals surface area contributed by atoms with Crippen LogP contribution in [0.2, 0.25) is 10.0 Å². The summed E-state index contributed by atoms with van der Waals surface area (Å²) in [5, 5.41) is 5.66. The van der Waals surface area contributed by atoms with Crippen molar-refractivity contribution in [3.8, 4) is 0 Å². The van der Waals surface area contributed by atoms with Crippen LogP contribution in [0.15, 0.2) is 46.9 Å². The Kier molecular flexibility index (Phi) is 4.57. The number of hydrogen-bond donors (Lipinski definition) is 1. The third kappa shape index (κ3) is 3.07. The van der Waals surface area contributed by atoms with Gasteiger partial charge >= 0.3 is 0 Å². The average molecular weight is 396 g/mol. The summed E-state index contributed by atoms with van der Waals surface area (Å²) >= 11 is 15.9. The van der Waals surface area contributed by atoms with Crippen LogP contribution in [-0.2, 0) is 6.54 Å². The highest BCUT2D eigenvalue weighted by molar-refractivity contribution is 9.10. The molecule has 0 saturated carbocycles. The van der Waals surface area contributed by atoms with Crippen LogP contribution in [-0.4, -0.2) is 4.98 Å². The third-order valence-corrected chi connectivity index (χ3v) is 4.92. The van der Waals surface area contributed by atoms with Crippen molar-refractivity contribution in [2.45, 2.75) is 13.5 Å². The molecule has 3 aromatic rings. The molecule has 0 radical (unpaired) electrons. The molecule has 1 N–H and O–H groups in total. The van der Waals surface area contributed by atoms with Crippen LogP contribution in [0, 0.1) is 6.92 Å². The molecule has 0 aliphatic carbocycles. The van der Waals surface area contributed by atoms with Gasteiger partial charge in [0.05, 0.1) is 15.6 Å². The first kappa shape index (κ1) is 15.6. The van der Waals surface area contributed by atoms with Gasteiger partial charge in [0.25, 0.3) is 0 Å². The van der Waals surface area contributed by atoms with Gasteiger partial charge in [-0.3, -0.25) is 4.98 Å². The summed E-state index contributed by atoms with van der Waals surface area (Å²) in [6, 6.07) is 13.7. The number of para-hydroxylation sites is 1. The average Bonchev–Trinajstić information content (AvgIpc) is 2.49. The zero-order valence-corrected chi connectivity index (χ0v) is 14.9. The summed E-state index contributed by atoms with van der Waals surface area (Å²) in [7, 11) is 0. The molecule has 0 aliphatic heterocycles. The van der Waals surface area contributed by atoms with Crippen molar-refractivity contribution in [3.05, 3.63) is 68.2 Å². The Morgan fingerprint density at radius 2 is 1.91 bits per heavy atom. The van der Waals surface area contributed by atoms with Crippen LogP contribution in [0.3, 0.4) is 0 Å². The highest BCUT2D eigenvalue weighted by Crippen LogP contribution is 2.30. The van der Waals surface area contributed by atoms with Crippen LogP contribution >= 0.6 is 39.1 Å². The lowest BCUT2D eigenvalue weighted by Crippen LogP contribution is -2.02. The van der Waals surface area contributed by atoms with Crippen LogP contribution in [0.1, 0.15) is 11.3 Å². The number of hydrogen-bond acceptors (Lipinski definition) is 2. The molecule has 0 fully saturated rings. The first-order chi connectivity index (χ1) is 10.6. The van der Waals surface area contributed by atoms with Gasteiger partial charge in [-0.15, -0.1) is 0 Å². The molecule has 22 heavy (non-hydrogen) atoms. The number of nitrogens with one attached hydrogen (secondary N) is 1. The summed E-state index contributed by atoms with van der Waals surface area (Å²) in [6.45, 7) is 2.58. The Balaban J connectivity index is 1.97. The Hall–Kier alpha value is -1.29. The molecule has 0 aliphatic rings. The highest BCUT2D eigenvalue weighted by Gasteiger charge is 2.08. The topological polar surface area (TPSA) is 24.9 Å². The minimum absolute atomic E-state index is 0.569. The van der Waals surface area contributed by atoms with Crippen molar-refractivity contribution in [1.82, 2.24) is 4.98 Å². The SMILES string of the molecule is Cc1cc(NCc2cccc(Cl)c2Cl)c2cccc(Br)c2n1. The largest absolute Gasteiger partial charge is 0.380 e. The number of anilines is 1. The molecule has 2 aromatic carbocycles. The van der Waals surface area contributed by atoms with Crippen LogP contribution in [0.4, 0.5) is 5.69 Å². The van der Waals surface area contributed by atoms with Crippen molar-refractivity contribution in [2.75, 3.05) is 5.32 Å². The van der Waals surface area contributed by atoms with Gasteiger partial charge in [-0.25, -0.2) is 0 Å². The molecule has 1 aromatic heterocycles. The van der Waals surface area contributed by atoms with Crippen molar-refractivity contribution < 1.29 is 0 Å². The molecule has 0 amide bonds. The van der Waals surface area contributed by atoms with E-state index in [1.54, 1.807) is 6.07 Å². The van der Waals surface area contributed by atoms with Crippen LogP contribution < -0.4 is 5.32 Å². The fraction of sp³-hybridized carbons (Fsp3) is 0.118. The quantitative estimate of drug-likeness (QED) is 0.568. The highest BCUT2D eigenvalue weighted by atomic mass is 79.9. The number of aromatic nitrogens is 1. The van der Waals surface area contributed by atoms with Gasteiger partial charge in [0.2, 0.25) is 0 Å². The van der Waals surface area contributed by atoms with Gasteiger partial charge in [-0.2, -0.15) is 0 Å². The number of halogens is 3. The Bertz CT molecular complexity index is 849. The molecular weight excluding hydrogens is 383 g/mol. The summed E-state index contributed by atoms with van der Waals surface area (Å²) in [5.41, 5.74) is 3.90. The first-order valence-corrected chi connectivity index (χ1v) is 8.34. The minimum atomic E-state index is 0.569. The molecule has 0 unspecified atom stereocenters. The monoisotopic (exact) mass is 394 g/mol. The zero-order chi connectivity index (χ0) is 15.7. The number of nitrogens with zero attached hydrogens (tertiary/aromatic N) is 1. The second-order valence-corrected chi connectivity index (χ2v) is 6.65. The molecule has 2 nitrogen and oxygen atoms in total. The Labute approximate surface area is 147 Å². The van der Waals surface area contributed by atoms with Crippen molar-refractivity contribution >= 4 is 55.7 Å². The number of fused-ring (bicyclic) bond motifs is 1. The van der Waals surface area contributed by atoms with Gasteiger partial charge < -0.3 is 5.32 Å². The molecule has 0 atom stereocenters. The van der Waals surface area contributed by atoms with E-state index in [0.717, 1.165) is 32.3 Å². The second kappa shape index (κ2) is 6.45. The van der Waals surface area contributed by atoms with Crippen LogP contribution in [0.25, 0.3) is 10.9 Å². The van der Waals surface area contributed by atoms with E-state index in [1.807, 2.05) is 37.3 Å². The van der Waals surface area contributed by atoms with Gasteiger partial charge in [-0.1, -0.05) is 47.5 Å². The van der Waals surface area contributed by atoms with Crippen molar-refractivity contribution in [2.24, 2.45) is 0 Å². The van der Waals surface area contributed by atoms with E-state index >= 15 is 0 Å². The molecular formula is C17H13BrCl2N2. The summed E-state index contributed by atoms with van der Waals surface area (Å²) in [4.78, 5) is 4.59. The number of aryl methyl sites for hydroxylation is 1. The molecule has 0 spiro atoms. The molecule has 1 heterocycles. The molecule has 0 bridgehead atoms. The molecule has 3 rings (SSSR count). The molecule has 0 saturated heterocycles. The maximum atomic E-state index is 6.24. The summed E-state index contributed by atoms with van der Waals surface area (Å²) in [5.74, 6) is 0. The maximum Gasteiger partial charge on any atom is 0.0867 e. The number of benzene rings is 2. The minimum Gasteiger partial charge on any atom is -0.380 e. The number of rotatable bonds is 3. The van der Waals surface area contributed by atoms with E-state index in [1.165, 1.54) is 0 Å². The fourth-order valence-corrected chi connectivity index (χ4v) is 3.21. The maximum absolute atomic E-state index is 6.24. The Morgan fingerprint density at radius 3 is 2.73 bits per heavy atom. The third-order valence-electron chi connectivity index (χ3n) is 3.42. The van der Waals surface area contributed by atoms with Gasteiger partial charge in [0, 0.05) is 27.8 Å². The van der Waals surface area contributed by atoms with E-state index in [9.17, 15) is 0 Å². The van der Waals surface area contributed by atoms with Crippen LogP contribution in [0.5, 0.6) is 0 Å². The smallest absolute Gasteiger partial charge is 0.0867 e. The van der Waals surface area contributed by atoms with Gasteiger partial charge in [0.1, 0.15) is 0 Å². The van der Waals surface area contributed by atoms with E-state index in [2.05, 4.69) is 32.3 Å². The van der Waals surface area contributed by atoms with E-state index in [4.69, 9.17) is 23.2 Å². The predicted octanol–water partition coefficient (Wildman–Crippen LogP) is 6.22. The van der Waals surface area contributed by atoms with Gasteiger partial charge in [-0.05, 0) is 46.6 Å². The molecule has 112 valence electrons. The predicted molar refractivity (Wildman–Crippen MR) is 98.0 cm³/mol. The lowest BCUT2D eigenvalue weighted by molar-refractivity contribution is 1.14. The second-order valence-electron chi connectivity index (χ2n) is 5.01. The molecule has 5 heteroatoms. The van der Waals surface area contributed by atoms with Gasteiger partial charge in [0.15, 0.2) is 0 Å². The van der Waals surface area contributed by atoms with E-state index in [-0.39, 0.29) is 0 Å². The summed E-state index contributed by atoms with van der Waals surface area (Å²) in [6.07, 6.45) is 0.